The van der Waals surface area contributed by atoms with Crippen molar-refractivity contribution in [1.29, 1.82) is 0 Å². The number of rotatable bonds is 12. The van der Waals surface area contributed by atoms with Gasteiger partial charge in [-0.15, -0.1) is 0 Å². The van der Waals surface area contributed by atoms with Crippen LogP contribution >= 0.6 is 0 Å². The SMILES string of the molecule is COc1cc(OC)c(/C=C\C(=O)CS(=O)(=O)/C=C/c2c(OC)cc(OC)cc2OC)c(OC)c1. The van der Waals surface area contributed by atoms with Crippen LogP contribution < -0.4 is 28.4 Å². The molecule has 0 bridgehead atoms. The lowest BCUT2D eigenvalue weighted by Gasteiger charge is -2.12. The molecule has 0 aliphatic rings. The summed E-state index contributed by atoms with van der Waals surface area (Å²) in [5.41, 5.74) is 0.866. The van der Waals surface area contributed by atoms with Crippen LogP contribution in [0.2, 0.25) is 0 Å². The lowest BCUT2D eigenvalue weighted by molar-refractivity contribution is -0.112. The number of ether oxygens (including phenoxy) is 6. The molecule has 0 amide bonds. The van der Waals surface area contributed by atoms with E-state index in [0.717, 1.165) is 11.5 Å². The summed E-state index contributed by atoms with van der Waals surface area (Å²) in [6.45, 7) is 0. The second-order valence-electron chi connectivity index (χ2n) is 6.80. The van der Waals surface area contributed by atoms with Gasteiger partial charge >= 0.3 is 0 Å². The van der Waals surface area contributed by atoms with Crippen molar-refractivity contribution in [3.05, 3.63) is 46.9 Å². The van der Waals surface area contributed by atoms with E-state index in [0.29, 0.717) is 45.6 Å². The van der Waals surface area contributed by atoms with Crippen molar-refractivity contribution in [2.24, 2.45) is 0 Å². The number of hydrogen-bond donors (Lipinski definition) is 0. The third kappa shape index (κ3) is 6.67. The molecule has 0 heterocycles. The van der Waals surface area contributed by atoms with Gasteiger partial charge in [-0.2, -0.15) is 0 Å². The third-order valence-corrected chi connectivity index (χ3v) is 5.97. The van der Waals surface area contributed by atoms with Crippen LogP contribution in [0.1, 0.15) is 11.1 Å². The summed E-state index contributed by atoms with van der Waals surface area (Å²) in [5.74, 6) is 1.15. The third-order valence-electron chi connectivity index (χ3n) is 4.73. The Labute approximate surface area is 199 Å². The highest BCUT2D eigenvalue weighted by Gasteiger charge is 2.16. The molecule has 184 valence electrons. The quantitative estimate of drug-likeness (QED) is 0.412. The van der Waals surface area contributed by atoms with E-state index in [1.807, 2.05) is 0 Å². The number of carbonyl (C=O) groups excluding carboxylic acids is 1. The molecule has 0 aliphatic carbocycles. The minimum Gasteiger partial charge on any atom is -0.496 e. The second-order valence-corrected chi connectivity index (χ2v) is 8.69. The highest BCUT2D eigenvalue weighted by molar-refractivity contribution is 7.95. The standard InChI is InChI=1S/C24H28O9S/c1-28-17-11-21(30-3)19(22(12-17)31-4)8-7-16(25)15-34(26,27)10-9-20-23(32-5)13-18(29-2)14-24(20)33-6/h7-14H,15H2,1-6H3/b8-7-,10-9+. The maximum atomic E-state index is 12.6. The minimum absolute atomic E-state index is 0.354. The molecule has 0 fully saturated rings. The molecule has 2 aromatic carbocycles. The van der Waals surface area contributed by atoms with Gasteiger partial charge in [-0.25, -0.2) is 8.42 Å². The summed E-state index contributed by atoms with van der Waals surface area (Å²) in [4.78, 5) is 12.4. The normalized spacial score (nSPS) is 11.5. The highest BCUT2D eigenvalue weighted by Crippen LogP contribution is 2.36. The van der Waals surface area contributed by atoms with Crippen molar-refractivity contribution in [3.8, 4) is 34.5 Å². The Morgan fingerprint density at radius 1 is 0.676 bits per heavy atom. The molecule has 0 saturated carbocycles. The molecule has 0 N–H and O–H groups in total. The first kappa shape index (κ1) is 26.6. The van der Waals surface area contributed by atoms with Crippen molar-refractivity contribution in [1.82, 2.24) is 0 Å². The first-order valence-corrected chi connectivity index (χ1v) is 11.6. The molecular formula is C24H28O9S. The Morgan fingerprint density at radius 2 is 1.06 bits per heavy atom. The zero-order chi connectivity index (χ0) is 25.3. The molecule has 10 heteroatoms. The highest BCUT2D eigenvalue weighted by atomic mass is 32.2. The number of hydrogen-bond acceptors (Lipinski definition) is 9. The van der Waals surface area contributed by atoms with Crippen LogP contribution in [0, 0.1) is 0 Å². The van der Waals surface area contributed by atoms with Gasteiger partial charge in [0, 0.05) is 29.7 Å². The Hall–Kier alpha value is -3.66. The maximum absolute atomic E-state index is 12.6. The largest absolute Gasteiger partial charge is 0.496 e. The summed E-state index contributed by atoms with van der Waals surface area (Å²) in [5, 5.41) is 0.945. The lowest BCUT2D eigenvalue weighted by atomic mass is 10.1. The van der Waals surface area contributed by atoms with Crippen LogP contribution in [-0.4, -0.2) is 62.6 Å². The Kier molecular flexibility index (Phi) is 9.37. The van der Waals surface area contributed by atoms with E-state index in [2.05, 4.69) is 0 Å². The van der Waals surface area contributed by atoms with Gasteiger partial charge in [0.1, 0.15) is 40.2 Å². The Morgan fingerprint density at radius 3 is 1.41 bits per heavy atom. The van der Waals surface area contributed by atoms with Crippen LogP contribution in [0.4, 0.5) is 0 Å². The van der Waals surface area contributed by atoms with Gasteiger partial charge < -0.3 is 28.4 Å². The fourth-order valence-electron chi connectivity index (χ4n) is 3.04. The van der Waals surface area contributed by atoms with Crippen molar-refractivity contribution < 1.29 is 41.6 Å². The lowest BCUT2D eigenvalue weighted by Crippen LogP contribution is -2.11. The van der Waals surface area contributed by atoms with E-state index in [4.69, 9.17) is 28.4 Å². The molecule has 0 aromatic heterocycles. The zero-order valence-electron chi connectivity index (χ0n) is 19.9. The summed E-state index contributed by atoms with van der Waals surface area (Å²) in [6, 6.07) is 6.44. The summed E-state index contributed by atoms with van der Waals surface area (Å²) in [7, 11) is 4.90. The summed E-state index contributed by atoms with van der Waals surface area (Å²) >= 11 is 0. The predicted octanol–water partition coefficient (Wildman–Crippen LogP) is 3.41. The molecule has 0 unspecified atom stereocenters. The number of sulfone groups is 1. The molecule has 9 nitrogen and oxygen atoms in total. The zero-order valence-corrected chi connectivity index (χ0v) is 20.7. The van der Waals surface area contributed by atoms with E-state index in [9.17, 15) is 13.2 Å². The molecule has 0 radical (unpaired) electrons. The summed E-state index contributed by atoms with van der Waals surface area (Å²) in [6.07, 6.45) is 3.92. The molecule has 0 aliphatic heterocycles. The van der Waals surface area contributed by atoms with Crippen LogP contribution in [0.25, 0.3) is 12.2 Å². The van der Waals surface area contributed by atoms with Crippen LogP contribution in [0.3, 0.4) is 0 Å². The van der Waals surface area contributed by atoms with Crippen LogP contribution in [-0.2, 0) is 14.6 Å². The molecule has 0 spiro atoms. The molecular weight excluding hydrogens is 464 g/mol. The van der Waals surface area contributed by atoms with Crippen molar-refractivity contribution in [2.45, 2.75) is 0 Å². The number of ketones is 1. The maximum Gasteiger partial charge on any atom is 0.179 e. The monoisotopic (exact) mass is 492 g/mol. The van der Waals surface area contributed by atoms with E-state index >= 15 is 0 Å². The van der Waals surface area contributed by atoms with E-state index in [1.54, 1.807) is 24.3 Å². The van der Waals surface area contributed by atoms with Gasteiger partial charge in [0.15, 0.2) is 15.6 Å². The van der Waals surface area contributed by atoms with Crippen molar-refractivity contribution in [2.75, 3.05) is 48.4 Å². The fraction of sp³-hybridized carbons (Fsp3) is 0.292. The molecule has 2 aromatic rings. The summed E-state index contributed by atoms with van der Waals surface area (Å²) < 4.78 is 56.8. The first-order chi connectivity index (χ1) is 16.2. The van der Waals surface area contributed by atoms with Gasteiger partial charge in [0.05, 0.1) is 53.8 Å². The van der Waals surface area contributed by atoms with E-state index < -0.39 is 21.4 Å². The topological polar surface area (TPSA) is 107 Å². The van der Waals surface area contributed by atoms with Gasteiger partial charge in [0.25, 0.3) is 0 Å². The average molecular weight is 493 g/mol. The molecule has 2 rings (SSSR count). The smallest absolute Gasteiger partial charge is 0.179 e. The first-order valence-electron chi connectivity index (χ1n) is 9.93. The average Bonchev–Trinajstić information content (AvgIpc) is 2.84. The van der Waals surface area contributed by atoms with Gasteiger partial charge in [-0.1, -0.05) is 0 Å². The van der Waals surface area contributed by atoms with Gasteiger partial charge in [-0.05, 0) is 18.2 Å². The molecule has 0 saturated heterocycles. The van der Waals surface area contributed by atoms with Gasteiger partial charge in [0.2, 0.25) is 0 Å². The fourth-order valence-corrected chi connectivity index (χ4v) is 3.97. The van der Waals surface area contributed by atoms with Crippen molar-refractivity contribution >= 4 is 27.8 Å². The van der Waals surface area contributed by atoms with Crippen LogP contribution in [0.5, 0.6) is 34.5 Å². The number of benzene rings is 2. The van der Waals surface area contributed by atoms with Crippen LogP contribution in [0.15, 0.2) is 35.7 Å². The van der Waals surface area contributed by atoms with Crippen molar-refractivity contribution in [3.63, 3.8) is 0 Å². The van der Waals surface area contributed by atoms with E-state index in [1.165, 1.54) is 54.8 Å². The van der Waals surface area contributed by atoms with Gasteiger partial charge in [-0.3, -0.25) is 4.79 Å². The minimum atomic E-state index is -3.90. The Bertz CT molecular complexity index is 1130. The molecule has 0 atom stereocenters. The van der Waals surface area contributed by atoms with E-state index in [-0.39, 0.29) is 0 Å². The number of carbonyl (C=O) groups is 1. The predicted molar refractivity (Wildman–Crippen MR) is 129 cm³/mol. The number of allylic oxidation sites excluding steroid dienone is 1. The number of methoxy groups -OCH3 is 6. The Balaban J connectivity index is 2.27. The second kappa shape index (κ2) is 12.0. The molecule has 34 heavy (non-hydrogen) atoms.